The van der Waals surface area contributed by atoms with Gasteiger partial charge in [-0.2, -0.15) is 0 Å². The number of nitrogens with two attached hydrogens (primary N) is 1. The fourth-order valence-electron chi connectivity index (χ4n) is 1.43. The van der Waals surface area contributed by atoms with E-state index in [2.05, 4.69) is 4.98 Å². The van der Waals surface area contributed by atoms with Crippen LogP contribution in [0.4, 0.5) is 0 Å². The number of nitrogens with zero attached hydrogens (tertiary/aromatic N) is 2. The lowest BCUT2D eigenvalue weighted by molar-refractivity contribution is 0.838. The van der Waals surface area contributed by atoms with Crippen LogP contribution in [0.2, 0.25) is 0 Å². The van der Waals surface area contributed by atoms with Crippen molar-refractivity contribution in [1.82, 2.24) is 9.55 Å². The van der Waals surface area contributed by atoms with Gasteiger partial charge in [-0.05, 0) is 12.1 Å². The Kier molecular flexibility index (Phi) is 2.47. The first kappa shape index (κ1) is 9.79. The van der Waals surface area contributed by atoms with Gasteiger partial charge in [0.25, 0.3) is 5.56 Å². The molecule has 0 bridgehead atoms. The highest BCUT2D eigenvalue weighted by atomic mass is 32.1. The van der Waals surface area contributed by atoms with Gasteiger partial charge in [-0.1, -0.05) is 24.4 Å². The highest BCUT2D eigenvalue weighted by Crippen LogP contribution is 2.07. The molecule has 2 aromatic rings. The molecule has 0 saturated carbocycles. The highest BCUT2D eigenvalue weighted by molar-refractivity contribution is 7.80. The van der Waals surface area contributed by atoms with Crippen LogP contribution in [0.5, 0.6) is 0 Å². The highest BCUT2D eigenvalue weighted by Gasteiger charge is 2.03. The largest absolute Gasteiger partial charge is 0.392 e. The monoisotopic (exact) mass is 219 g/mol. The van der Waals surface area contributed by atoms with Gasteiger partial charge in [-0.3, -0.25) is 9.36 Å². The summed E-state index contributed by atoms with van der Waals surface area (Å²) < 4.78 is 1.52. The standard InChI is InChI=1S/C10H9N3OS/c11-9(15)6-13-8-4-2-1-3-7(8)12-5-10(13)14/h1-5H,6H2,(H2,11,15). The van der Waals surface area contributed by atoms with E-state index in [4.69, 9.17) is 18.0 Å². The van der Waals surface area contributed by atoms with Crippen LogP contribution in [0.25, 0.3) is 11.0 Å². The molecule has 2 N–H and O–H groups in total. The van der Waals surface area contributed by atoms with E-state index in [0.717, 1.165) is 11.0 Å². The molecule has 1 heterocycles. The van der Waals surface area contributed by atoms with Crippen LogP contribution in [-0.4, -0.2) is 14.5 Å². The number of hydrogen-bond donors (Lipinski definition) is 1. The third-order valence-electron chi connectivity index (χ3n) is 2.07. The second-order valence-corrected chi connectivity index (χ2v) is 3.66. The third kappa shape index (κ3) is 1.87. The van der Waals surface area contributed by atoms with Gasteiger partial charge < -0.3 is 5.73 Å². The molecular formula is C10H9N3OS. The maximum Gasteiger partial charge on any atom is 0.269 e. The second-order valence-electron chi connectivity index (χ2n) is 3.14. The predicted molar refractivity (Wildman–Crippen MR) is 62.8 cm³/mol. The molecule has 0 amide bonds. The maximum atomic E-state index is 11.6. The molecule has 0 aliphatic carbocycles. The van der Waals surface area contributed by atoms with Gasteiger partial charge in [0.05, 0.1) is 28.8 Å². The van der Waals surface area contributed by atoms with E-state index in [1.807, 2.05) is 24.3 Å². The number of rotatable bonds is 2. The van der Waals surface area contributed by atoms with Crippen molar-refractivity contribution in [2.45, 2.75) is 6.54 Å². The smallest absolute Gasteiger partial charge is 0.269 e. The Morgan fingerprint density at radius 2 is 2.20 bits per heavy atom. The molecular weight excluding hydrogens is 210 g/mol. The summed E-state index contributed by atoms with van der Waals surface area (Å²) in [6.45, 7) is 0.247. The Morgan fingerprint density at radius 3 is 2.93 bits per heavy atom. The molecule has 2 rings (SSSR count). The van der Waals surface area contributed by atoms with Crippen LogP contribution in [0.3, 0.4) is 0 Å². The van der Waals surface area contributed by atoms with E-state index in [1.54, 1.807) is 0 Å². The minimum Gasteiger partial charge on any atom is -0.392 e. The summed E-state index contributed by atoms with van der Waals surface area (Å²) >= 11 is 4.80. The number of thiocarbonyl (C=S) groups is 1. The van der Waals surface area contributed by atoms with Gasteiger partial charge in [-0.15, -0.1) is 0 Å². The molecule has 4 nitrogen and oxygen atoms in total. The number of benzene rings is 1. The predicted octanol–water partition coefficient (Wildman–Crippen LogP) is 0.683. The Labute approximate surface area is 91.4 Å². The van der Waals surface area contributed by atoms with E-state index in [0.29, 0.717) is 0 Å². The van der Waals surface area contributed by atoms with Gasteiger partial charge in [0.15, 0.2) is 0 Å². The lowest BCUT2D eigenvalue weighted by atomic mass is 10.3. The fourth-order valence-corrected chi connectivity index (χ4v) is 1.56. The van der Waals surface area contributed by atoms with Crippen molar-refractivity contribution in [3.05, 3.63) is 40.8 Å². The average molecular weight is 219 g/mol. The van der Waals surface area contributed by atoms with E-state index in [9.17, 15) is 4.79 Å². The number of fused-ring (bicyclic) bond motifs is 1. The van der Waals surface area contributed by atoms with Gasteiger partial charge in [0.2, 0.25) is 0 Å². The lowest BCUT2D eigenvalue weighted by Gasteiger charge is -2.07. The number of para-hydroxylation sites is 2. The molecule has 0 radical (unpaired) electrons. The normalized spacial score (nSPS) is 10.4. The Bertz CT molecular complexity index is 576. The van der Waals surface area contributed by atoms with E-state index < -0.39 is 0 Å². The van der Waals surface area contributed by atoms with Crippen LogP contribution in [0.1, 0.15) is 0 Å². The fraction of sp³-hybridized carbons (Fsp3) is 0.100. The van der Waals surface area contributed by atoms with Crippen LogP contribution < -0.4 is 11.3 Å². The molecule has 0 spiro atoms. The summed E-state index contributed by atoms with van der Waals surface area (Å²) in [5.74, 6) is 0. The van der Waals surface area contributed by atoms with Crippen LogP contribution in [-0.2, 0) is 6.54 Å². The van der Waals surface area contributed by atoms with Crippen molar-refractivity contribution >= 4 is 28.2 Å². The molecule has 5 heteroatoms. The summed E-state index contributed by atoms with van der Waals surface area (Å²) in [6, 6.07) is 7.37. The molecule has 0 unspecified atom stereocenters. The van der Waals surface area contributed by atoms with E-state index in [-0.39, 0.29) is 17.1 Å². The SMILES string of the molecule is NC(=S)Cn1c(=O)cnc2ccccc21. The van der Waals surface area contributed by atoms with Gasteiger partial charge in [-0.25, -0.2) is 4.98 Å². The first-order valence-electron chi connectivity index (χ1n) is 4.41. The second kappa shape index (κ2) is 3.78. The topological polar surface area (TPSA) is 60.9 Å². The quantitative estimate of drug-likeness (QED) is 0.755. The summed E-state index contributed by atoms with van der Waals surface area (Å²) in [6.07, 6.45) is 1.28. The Hall–Kier alpha value is -1.75. The van der Waals surface area contributed by atoms with Crippen molar-refractivity contribution in [1.29, 1.82) is 0 Å². The Balaban J connectivity index is 2.74. The summed E-state index contributed by atoms with van der Waals surface area (Å²) in [5, 5.41) is 0. The molecule has 0 saturated heterocycles. The third-order valence-corrected chi connectivity index (χ3v) is 2.20. The molecule has 0 fully saturated rings. The molecule has 1 aromatic heterocycles. The van der Waals surface area contributed by atoms with Crippen molar-refractivity contribution in [2.75, 3.05) is 0 Å². The molecule has 1 aromatic carbocycles. The van der Waals surface area contributed by atoms with Gasteiger partial charge in [0, 0.05) is 0 Å². The summed E-state index contributed by atoms with van der Waals surface area (Å²) in [7, 11) is 0. The van der Waals surface area contributed by atoms with Gasteiger partial charge in [0.1, 0.15) is 0 Å². The van der Waals surface area contributed by atoms with Crippen molar-refractivity contribution < 1.29 is 0 Å². The molecule has 0 aliphatic rings. The molecule has 0 aliphatic heterocycles. The summed E-state index contributed by atoms with van der Waals surface area (Å²) in [5.41, 5.74) is 6.75. The van der Waals surface area contributed by atoms with Crippen molar-refractivity contribution in [3.8, 4) is 0 Å². The Morgan fingerprint density at radius 1 is 1.47 bits per heavy atom. The van der Waals surface area contributed by atoms with Crippen molar-refractivity contribution in [2.24, 2.45) is 5.73 Å². The average Bonchev–Trinajstić information content (AvgIpc) is 2.22. The van der Waals surface area contributed by atoms with Crippen LogP contribution in [0.15, 0.2) is 35.3 Å². The first-order valence-corrected chi connectivity index (χ1v) is 4.82. The van der Waals surface area contributed by atoms with Crippen LogP contribution >= 0.6 is 12.2 Å². The first-order chi connectivity index (χ1) is 7.18. The molecule has 15 heavy (non-hydrogen) atoms. The molecule has 76 valence electrons. The van der Waals surface area contributed by atoms with E-state index in [1.165, 1.54) is 10.8 Å². The van der Waals surface area contributed by atoms with E-state index >= 15 is 0 Å². The minimum absolute atomic E-state index is 0.193. The van der Waals surface area contributed by atoms with Crippen molar-refractivity contribution in [3.63, 3.8) is 0 Å². The van der Waals surface area contributed by atoms with Gasteiger partial charge >= 0.3 is 0 Å². The van der Waals surface area contributed by atoms with Crippen LogP contribution in [0, 0.1) is 0 Å². The summed E-state index contributed by atoms with van der Waals surface area (Å²) in [4.78, 5) is 15.9. The zero-order chi connectivity index (χ0) is 10.8. The zero-order valence-corrected chi connectivity index (χ0v) is 8.70. The molecule has 0 atom stereocenters. The number of aromatic nitrogens is 2. The maximum absolute atomic E-state index is 11.6. The lowest BCUT2D eigenvalue weighted by Crippen LogP contribution is -2.27. The zero-order valence-electron chi connectivity index (χ0n) is 7.88. The minimum atomic E-state index is -0.193. The number of hydrogen-bond acceptors (Lipinski definition) is 3.